The molecule has 0 fully saturated rings. The van der Waals surface area contributed by atoms with Gasteiger partial charge in [0.05, 0.1) is 23.0 Å². The van der Waals surface area contributed by atoms with Crippen molar-refractivity contribution in [2.75, 3.05) is 17.2 Å². The zero-order chi connectivity index (χ0) is 15.8. The molecule has 0 aliphatic carbocycles. The van der Waals surface area contributed by atoms with Crippen LogP contribution in [-0.4, -0.2) is 28.4 Å². The standard InChI is InChI=1S/C16H12N4O3/c21-15-7-23-14-4-2-10(6-13(14)20-15)19-16(22)9-1-3-11-12(5-9)18-8-17-11/h1-6,8H,7H2,(H,17,18)(H,19,22)(H,20,21). The van der Waals surface area contributed by atoms with Crippen molar-refractivity contribution in [1.82, 2.24) is 9.97 Å². The molecule has 1 aromatic heterocycles. The van der Waals surface area contributed by atoms with Crippen molar-refractivity contribution in [3.8, 4) is 5.75 Å². The van der Waals surface area contributed by atoms with Crippen molar-refractivity contribution in [1.29, 1.82) is 0 Å². The molecular weight excluding hydrogens is 296 g/mol. The first-order valence-electron chi connectivity index (χ1n) is 7.00. The zero-order valence-electron chi connectivity index (χ0n) is 11.9. The van der Waals surface area contributed by atoms with Crippen LogP contribution in [0.2, 0.25) is 0 Å². The molecule has 23 heavy (non-hydrogen) atoms. The normalized spacial score (nSPS) is 13.1. The van der Waals surface area contributed by atoms with E-state index in [4.69, 9.17) is 4.74 Å². The number of rotatable bonds is 2. The van der Waals surface area contributed by atoms with Crippen LogP contribution in [0.15, 0.2) is 42.7 Å². The Labute approximate surface area is 130 Å². The molecule has 2 heterocycles. The highest BCUT2D eigenvalue weighted by Gasteiger charge is 2.16. The van der Waals surface area contributed by atoms with Crippen LogP contribution in [0.3, 0.4) is 0 Å². The number of imidazole rings is 1. The van der Waals surface area contributed by atoms with Crippen molar-refractivity contribution in [3.63, 3.8) is 0 Å². The molecule has 7 heteroatoms. The van der Waals surface area contributed by atoms with Crippen LogP contribution in [0.1, 0.15) is 10.4 Å². The van der Waals surface area contributed by atoms with E-state index in [2.05, 4.69) is 20.6 Å². The summed E-state index contributed by atoms with van der Waals surface area (Å²) in [6, 6.07) is 10.3. The molecule has 0 radical (unpaired) electrons. The summed E-state index contributed by atoms with van der Waals surface area (Å²) in [5.74, 6) is 0.114. The Hall–Kier alpha value is -3.35. The van der Waals surface area contributed by atoms with Gasteiger partial charge >= 0.3 is 0 Å². The lowest BCUT2D eigenvalue weighted by Crippen LogP contribution is -2.25. The number of benzene rings is 2. The number of hydrogen-bond acceptors (Lipinski definition) is 4. The van der Waals surface area contributed by atoms with Crippen LogP contribution >= 0.6 is 0 Å². The maximum absolute atomic E-state index is 12.3. The zero-order valence-corrected chi connectivity index (χ0v) is 11.9. The molecule has 0 spiro atoms. The molecule has 0 atom stereocenters. The van der Waals surface area contributed by atoms with Gasteiger partial charge in [-0.2, -0.15) is 0 Å². The third-order valence-electron chi connectivity index (χ3n) is 3.55. The first-order valence-corrected chi connectivity index (χ1v) is 7.00. The summed E-state index contributed by atoms with van der Waals surface area (Å²) in [5.41, 5.74) is 3.21. The molecule has 1 aliphatic rings. The van der Waals surface area contributed by atoms with E-state index in [9.17, 15) is 9.59 Å². The minimum Gasteiger partial charge on any atom is -0.482 e. The molecule has 2 aromatic carbocycles. The Morgan fingerprint density at radius 2 is 2.13 bits per heavy atom. The van der Waals surface area contributed by atoms with Crippen LogP contribution in [-0.2, 0) is 4.79 Å². The number of carbonyl (C=O) groups is 2. The third kappa shape index (κ3) is 2.48. The number of ether oxygens (including phenoxy) is 1. The number of aromatic nitrogens is 2. The van der Waals surface area contributed by atoms with Gasteiger partial charge in [-0.1, -0.05) is 0 Å². The maximum atomic E-state index is 12.3. The van der Waals surface area contributed by atoms with Gasteiger partial charge in [0.25, 0.3) is 11.8 Å². The van der Waals surface area contributed by atoms with Crippen molar-refractivity contribution in [2.45, 2.75) is 0 Å². The molecular formula is C16H12N4O3. The Morgan fingerprint density at radius 1 is 1.22 bits per heavy atom. The summed E-state index contributed by atoms with van der Waals surface area (Å²) in [4.78, 5) is 30.8. The van der Waals surface area contributed by atoms with Gasteiger partial charge in [-0.3, -0.25) is 9.59 Å². The van der Waals surface area contributed by atoms with Gasteiger partial charge in [0.1, 0.15) is 5.75 Å². The summed E-state index contributed by atoms with van der Waals surface area (Å²) >= 11 is 0. The summed E-state index contributed by atoms with van der Waals surface area (Å²) < 4.78 is 5.28. The summed E-state index contributed by atoms with van der Waals surface area (Å²) in [6.07, 6.45) is 1.58. The number of nitrogens with zero attached hydrogens (tertiary/aromatic N) is 1. The molecule has 0 saturated carbocycles. The average Bonchev–Trinajstić information content (AvgIpc) is 3.02. The number of amides is 2. The van der Waals surface area contributed by atoms with E-state index in [0.717, 1.165) is 11.0 Å². The average molecular weight is 308 g/mol. The Bertz CT molecular complexity index is 932. The second-order valence-corrected chi connectivity index (χ2v) is 5.14. The highest BCUT2D eigenvalue weighted by atomic mass is 16.5. The molecule has 0 saturated heterocycles. The molecule has 0 unspecified atom stereocenters. The summed E-state index contributed by atoms with van der Waals surface area (Å²) in [6.45, 7) is 0.00237. The second-order valence-electron chi connectivity index (χ2n) is 5.14. The lowest BCUT2D eigenvalue weighted by atomic mass is 10.1. The lowest BCUT2D eigenvalue weighted by molar-refractivity contribution is -0.118. The van der Waals surface area contributed by atoms with Crippen molar-refractivity contribution >= 4 is 34.2 Å². The van der Waals surface area contributed by atoms with Gasteiger partial charge in [0.15, 0.2) is 6.61 Å². The van der Waals surface area contributed by atoms with Gasteiger partial charge in [0, 0.05) is 11.3 Å². The van der Waals surface area contributed by atoms with Crippen LogP contribution in [0.4, 0.5) is 11.4 Å². The fourth-order valence-corrected chi connectivity index (χ4v) is 2.44. The molecule has 114 valence electrons. The van der Waals surface area contributed by atoms with Gasteiger partial charge in [0.2, 0.25) is 0 Å². The van der Waals surface area contributed by atoms with Crippen LogP contribution < -0.4 is 15.4 Å². The van der Waals surface area contributed by atoms with Crippen molar-refractivity contribution in [2.24, 2.45) is 0 Å². The van der Waals surface area contributed by atoms with Gasteiger partial charge in [-0.15, -0.1) is 0 Å². The summed E-state index contributed by atoms with van der Waals surface area (Å²) in [5, 5.41) is 5.50. The SMILES string of the molecule is O=C1COc2ccc(NC(=O)c3ccc4[nH]cnc4c3)cc2N1. The van der Waals surface area contributed by atoms with E-state index < -0.39 is 0 Å². The van der Waals surface area contributed by atoms with Crippen LogP contribution in [0, 0.1) is 0 Å². The van der Waals surface area contributed by atoms with Gasteiger partial charge in [-0.25, -0.2) is 4.98 Å². The molecule has 1 aliphatic heterocycles. The smallest absolute Gasteiger partial charge is 0.262 e. The predicted octanol–water partition coefficient (Wildman–Crippen LogP) is 2.15. The summed E-state index contributed by atoms with van der Waals surface area (Å²) in [7, 11) is 0. The van der Waals surface area contributed by atoms with E-state index in [1.807, 2.05) is 0 Å². The Morgan fingerprint density at radius 3 is 3.04 bits per heavy atom. The minimum absolute atomic E-state index is 0.00237. The number of nitrogens with one attached hydrogen (secondary N) is 3. The van der Waals surface area contributed by atoms with Crippen molar-refractivity contribution in [3.05, 3.63) is 48.3 Å². The van der Waals surface area contributed by atoms with E-state index in [-0.39, 0.29) is 18.4 Å². The highest BCUT2D eigenvalue weighted by Crippen LogP contribution is 2.30. The number of aromatic amines is 1. The Kier molecular flexibility index (Phi) is 2.97. The van der Waals surface area contributed by atoms with E-state index >= 15 is 0 Å². The van der Waals surface area contributed by atoms with E-state index in [1.54, 1.807) is 42.7 Å². The molecule has 0 bridgehead atoms. The topological polar surface area (TPSA) is 96.1 Å². The second kappa shape index (κ2) is 5.13. The monoisotopic (exact) mass is 308 g/mol. The van der Waals surface area contributed by atoms with Crippen LogP contribution in [0.25, 0.3) is 11.0 Å². The number of carbonyl (C=O) groups excluding carboxylic acids is 2. The van der Waals surface area contributed by atoms with Gasteiger partial charge < -0.3 is 20.4 Å². The quantitative estimate of drug-likeness (QED) is 0.676. The fraction of sp³-hybridized carbons (Fsp3) is 0.0625. The third-order valence-corrected chi connectivity index (χ3v) is 3.55. The highest BCUT2D eigenvalue weighted by molar-refractivity contribution is 6.06. The number of H-pyrrole nitrogens is 1. The molecule has 7 nitrogen and oxygen atoms in total. The molecule has 2 amide bonds. The number of fused-ring (bicyclic) bond motifs is 2. The van der Waals surface area contributed by atoms with Gasteiger partial charge in [-0.05, 0) is 36.4 Å². The van der Waals surface area contributed by atoms with Crippen LogP contribution in [0.5, 0.6) is 5.75 Å². The minimum atomic E-state index is -0.252. The van der Waals surface area contributed by atoms with E-state index in [0.29, 0.717) is 22.7 Å². The fourth-order valence-electron chi connectivity index (χ4n) is 2.44. The largest absolute Gasteiger partial charge is 0.482 e. The first-order chi connectivity index (χ1) is 11.2. The molecule has 3 aromatic rings. The number of anilines is 2. The predicted molar refractivity (Wildman–Crippen MR) is 84.6 cm³/mol. The lowest BCUT2D eigenvalue weighted by Gasteiger charge is -2.18. The Balaban J connectivity index is 1.58. The maximum Gasteiger partial charge on any atom is 0.262 e. The first kappa shape index (κ1) is 13.3. The van der Waals surface area contributed by atoms with Crippen molar-refractivity contribution < 1.29 is 14.3 Å². The van der Waals surface area contributed by atoms with E-state index in [1.165, 1.54) is 0 Å². The number of hydrogen-bond donors (Lipinski definition) is 3. The molecule has 3 N–H and O–H groups in total. The molecule has 4 rings (SSSR count).